The SMILES string of the molecule is OC1(Cc2ccccc2F)CN2CCC1CC2.[Mg]. The van der Waals surface area contributed by atoms with E-state index in [2.05, 4.69) is 4.90 Å². The van der Waals surface area contributed by atoms with Crippen molar-refractivity contribution in [3.63, 3.8) is 0 Å². The third-order valence-electron chi connectivity index (χ3n) is 4.30. The first-order valence-corrected chi connectivity index (χ1v) is 6.35. The molecule has 4 heteroatoms. The highest BCUT2D eigenvalue weighted by atomic mass is 24.3. The number of rotatable bonds is 2. The lowest BCUT2D eigenvalue weighted by Crippen LogP contribution is -2.60. The molecular weight excluding hydrogens is 241 g/mol. The van der Waals surface area contributed by atoms with Gasteiger partial charge in [-0.3, -0.25) is 0 Å². The predicted molar refractivity (Wildman–Crippen MR) is 70.0 cm³/mol. The Balaban J connectivity index is 0.00000120. The molecule has 2 radical (unpaired) electrons. The number of piperidine rings is 3. The van der Waals surface area contributed by atoms with E-state index in [9.17, 15) is 9.50 Å². The Morgan fingerprint density at radius 3 is 2.50 bits per heavy atom. The van der Waals surface area contributed by atoms with Gasteiger partial charge in [0.2, 0.25) is 0 Å². The lowest BCUT2D eigenvalue weighted by molar-refractivity contribution is -0.111. The van der Waals surface area contributed by atoms with Crippen LogP contribution >= 0.6 is 0 Å². The summed E-state index contributed by atoms with van der Waals surface area (Å²) in [4.78, 5) is 2.29. The van der Waals surface area contributed by atoms with Crippen molar-refractivity contribution < 1.29 is 9.50 Å². The number of aliphatic hydroxyl groups is 1. The molecule has 18 heavy (non-hydrogen) atoms. The van der Waals surface area contributed by atoms with Crippen LogP contribution in [0.3, 0.4) is 0 Å². The summed E-state index contributed by atoms with van der Waals surface area (Å²) in [5, 5.41) is 10.7. The summed E-state index contributed by atoms with van der Waals surface area (Å²) in [5.74, 6) is 0.143. The van der Waals surface area contributed by atoms with E-state index in [1.807, 2.05) is 6.07 Å². The summed E-state index contributed by atoms with van der Waals surface area (Å²) < 4.78 is 13.6. The highest BCUT2D eigenvalue weighted by molar-refractivity contribution is 5.75. The Hall–Kier alpha value is -0.164. The summed E-state index contributed by atoms with van der Waals surface area (Å²) in [6.45, 7) is 2.88. The van der Waals surface area contributed by atoms with Gasteiger partial charge in [-0.2, -0.15) is 0 Å². The molecule has 4 rings (SSSR count). The van der Waals surface area contributed by atoms with Gasteiger partial charge in [-0.1, -0.05) is 18.2 Å². The molecule has 2 nitrogen and oxygen atoms in total. The van der Waals surface area contributed by atoms with E-state index in [0.717, 1.165) is 25.9 Å². The number of halogens is 1. The van der Waals surface area contributed by atoms with Crippen LogP contribution in [0.2, 0.25) is 0 Å². The summed E-state index contributed by atoms with van der Waals surface area (Å²) in [6, 6.07) is 6.79. The quantitative estimate of drug-likeness (QED) is 0.813. The first kappa shape index (κ1) is 14.2. The minimum atomic E-state index is -0.724. The maximum absolute atomic E-state index is 13.6. The zero-order chi connectivity index (χ0) is 11.9. The van der Waals surface area contributed by atoms with Gasteiger partial charge in [0.05, 0.1) is 5.60 Å². The minimum Gasteiger partial charge on any atom is -0.388 e. The van der Waals surface area contributed by atoms with Crippen molar-refractivity contribution in [1.29, 1.82) is 0 Å². The highest BCUT2D eigenvalue weighted by Gasteiger charge is 2.45. The largest absolute Gasteiger partial charge is 0.388 e. The Bertz CT molecular complexity index is 420. The molecule has 0 amide bonds. The average molecular weight is 260 g/mol. The van der Waals surface area contributed by atoms with Gasteiger partial charge < -0.3 is 10.0 Å². The number of hydrogen-bond donors (Lipinski definition) is 1. The fourth-order valence-electron chi connectivity index (χ4n) is 3.32. The lowest BCUT2D eigenvalue weighted by atomic mass is 9.72. The van der Waals surface area contributed by atoms with Crippen molar-refractivity contribution in [1.82, 2.24) is 4.90 Å². The van der Waals surface area contributed by atoms with Gasteiger partial charge in [0, 0.05) is 36.0 Å². The third kappa shape index (κ3) is 2.57. The normalized spacial score (nSPS) is 34.1. The molecule has 3 aliphatic heterocycles. The molecule has 2 bridgehead atoms. The van der Waals surface area contributed by atoms with Crippen LogP contribution in [-0.4, -0.2) is 58.3 Å². The van der Waals surface area contributed by atoms with Crippen molar-refractivity contribution in [2.75, 3.05) is 19.6 Å². The Morgan fingerprint density at radius 1 is 1.28 bits per heavy atom. The zero-order valence-electron chi connectivity index (χ0n) is 10.6. The van der Waals surface area contributed by atoms with Crippen LogP contribution in [-0.2, 0) is 6.42 Å². The smallest absolute Gasteiger partial charge is 0.126 e. The molecule has 1 unspecified atom stereocenters. The maximum atomic E-state index is 13.6. The summed E-state index contributed by atoms with van der Waals surface area (Å²) in [5.41, 5.74) is -0.0812. The van der Waals surface area contributed by atoms with Gasteiger partial charge in [0.25, 0.3) is 0 Å². The average Bonchev–Trinajstić information content (AvgIpc) is 2.33. The minimum absolute atomic E-state index is 0. The molecule has 1 aromatic rings. The maximum Gasteiger partial charge on any atom is 0.126 e. The first-order chi connectivity index (χ1) is 8.17. The molecule has 1 aromatic carbocycles. The molecule has 0 spiro atoms. The van der Waals surface area contributed by atoms with E-state index in [1.165, 1.54) is 6.07 Å². The Kier molecular flexibility index (Phi) is 4.31. The topological polar surface area (TPSA) is 23.5 Å². The molecule has 0 aliphatic carbocycles. The van der Waals surface area contributed by atoms with Gasteiger partial charge in [0.15, 0.2) is 0 Å². The van der Waals surface area contributed by atoms with Crippen molar-refractivity contribution in [2.45, 2.75) is 24.9 Å². The molecular formula is C14H18FMgNO. The summed E-state index contributed by atoms with van der Waals surface area (Å²) >= 11 is 0. The molecule has 3 aliphatic rings. The summed E-state index contributed by atoms with van der Waals surface area (Å²) in [7, 11) is 0. The van der Waals surface area contributed by atoms with Crippen molar-refractivity contribution in [2.24, 2.45) is 5.92 Å². The van der Waals surface area contributed by atoms with Gasteiger partial charge >= 0.3 is 0 Å². The Labute approximate surface area is 123 Å². The molecule has 0 aromatic heterocycles. The van der Waals surface area contributed by atoms with Gasteiger partial charge in [-0.15, -0.1) is 0 Å². The predicted octanol–water partition coefficient (Wildman–Crippen LogP) is 1.44. The fraction of sp³-hybridized carbons (Fsp3) is 0.571. The van der Waals surface area contributed by atoms with E-state index in [1.54, 1.807) is 12.1 Å². The van der Waals surface area contributed by atoms with E-state index in [0.29, 0.717) is 24.4 Å². The monoisotopic (exact) mass is 259 g/mol. The van der Waals surface area contributed by atoms with Crippen LogP contribution in [0.4, 0.5) is 4.39 Å². The summed E-state index contributed by atoms with van der Waals surface area (Å²) in [6.07, 6.45) is 2.54. The van der Waals surface area contributed by atoms with E-state index in [-0.39, 0.29) is 28.9 Å². The van der Waals surface area contributed by atoms with Crippen molar-refractivity contribution in [3.05, 3.63) is 35.6 Å². The van der Waals surface area contributed by atoms with Crippen LogP contribution in [0.5, 0.6) is 0 Å². The molecule has 1 atom stereocenters. The highest BCUT2D eigenvalue weighted by Crippen LogP contribution is 2.37. The first-order valence-electron chi connectivity index (χ1n) is 6.35. The fourth-order valence-corrected chi connectivity index (χ4v) is 3.32. The van der Waals surface area contributed by atoms with Gasteiger partial charge in [-0.25, -0.2) is 4.39 Å². The van der Waals surface area contributed by atoms with E-state index in [4.69, 9.17) is 0 Å². The Morgan fingerprint density at radius 2 is 1.94 bits per heavy atom. The molecule has 3 saturated heterocycles. The molecule has 3 heterocycles. The second kappa shape index (κ2) is 5.45. The second-order valence-electron chi connectivity index (χ2n) is 5.42. The van der Waals surface area contributed by atoms with Crippen molar-refractivity contribution >= 4 is 23.1 Å². The molecule has 94 valence electrons. The van der Waals surface area contributed by atoms with E-state index >= 15 is 0 Å². The van der Waals surface area contributed by atoms with Crippen molar-refractivity contribution in [3.8, 4) is 0 Å². The number of hydrogen-bond acceptors (Lipinski definition) is 2. The third-order valence-corrected chi connectivity index (χ3v) is 4.30. The van der Waals surface area contributed by atoms with Crippen LogP contribution in [0, 0.1) is 11.7 Å². The number of fused-ring (bicyclic) bond motifs is 3. The van der Waals surface area contributed by atoms with E-state index < -0.39 is 5.60 Å². The molecule has 1 N–H and O–H groups in total. The molecule has 0 saturated carbocycles. The molecule has 3 fully saturated rings. The van der Waals surface area contributed by atoms with Crippen LogP contribution in [0.25, 0.3) is 0 Å². The van der Waals surface area contributed by atoms with Gasteiger partial charge in [0.1, 0.15) is 5.82 Å². The number of benzene rings is 1. The van der Waals surface area contributed by atoms with Crippen LogP contribution in [0.15, 0.2) is 24.3 Å². The lowest BCUT2D eigenvalue weighted by Gasteiger charge is -2.50. The van der Waals surface area contributed by atoms with Crippen LogP contribution in [0.1, 0.15) is 18.4 Å². The number of nitrogens with zero attached hydrogens (tertiary/aromatic N) is 1. The standard InChI is InChI=1S/C14H18FNO.Mg/c15-13-4-2-1-3-11(13)9-14(17)10-16-7-5-12(14)6-8-16;/h1-4,12,17H,5-10H2;. The second-order valence-corrected chi connectivity index (χ2v) is 5.42. The van der Waals surface area contributed by atoms with Gasteiger partial charge in [-0.05, 0) is 43.5 Å². The van der Waals surface area contributed by atoms with Crippen LogP contribution < -0.4 is 0 Å². The zero-order valence-corrected chi connectivity index (χ0v) is 12.0.